The summed E-state index contributed by atoms with van der Waals surface area (Å²) < 4.78 is 1.88. The van der Waals surface area contributed by atoms with Crippen molar-refractivity contribution in [3.05, 3.63) is 24.0 Å². The number of carbonyl (C=O) groups is 1. The molecule has 0 aliphatic heterocycles. The maximum absolute atomic E-state index is 12.0. The van der Waals surface area contributed by atoms with Crippen LogP contribution in [0, 0.1) is 5.41 Å². The first kappa shape index (κ1) is 15.3. The Morgan fingerprint density at radius 2 is 2.19 bits per heavy atom. The first-order valence-corrected chi connectivity index (χ1v) is 6.92. The van der Waals surface area contributed by atoms with Crippen molar-refractivity contribution < 1.29 is 9.90 Å². The molecule has 0 fully saturated rings. The first-order chi connectivity index (χ1) is 9.76. The number of fused-ring (bicyclic) bond motifs is 1. The molecular weight excluding hydrogens is 268 g/mol. The molecule has 1 amide bonds. The molecule has 0 spiro atoms. The van der Waals surface area contributed by atoms with Crippen LogP contribution in [-0.4, -0.2) is 27.6 Å². The van der Waals surface area contributed by atoms with E-state index in [4.69, 9.17) is 5.73 Å². The predicted molar refractivity (Wildman–Crippen MR) is 82.6 cm³/mol. The molecule has 2 rings (SSSR count). The minimum Gasteiger partial charge on any atom is -0.399 e. The topological polar surface area (TPSA) is 93.2 Å². The zero-order valence-corrected chi connectivity index (χ0v) is 12.8. The molecule has 0 aliphatic carbocycles. The Kier molecular flexibility index (Phi) is 3.91. The number of nitrogens with zero attached hydrogens (tertiary/aromatic N) is 2. The molecule has 0 saturated carbocycles. The van der Waals surface area contributed by atoms with Crippen LogP contribution in [0.25, 0.3) is 11.0 Å². The maximum atomic E-state index is 12.0. The maximum Gasteiger partial charge on any atom is 0.227 e. The number of aromatic nitrogens is 2. The minimum atomic E-state index is -0.723. The Hall–Kier alpha value is -2.08. The molecule has 0 saturated heterocycles. The molecule has 0 radical (unpaired) electrons. The van der Waals surface area contributed by atoms with Gasteiger partial charge in [-0.15, -0.1) is 0 Å². The summed E-state index contributed by atoms with van der Waals surface area (Å²) in [5.41, 5.74) is 7.36. The number of nitrogens with two attached hydrogens (primary N) is 1. The van der Waals surface area contributed by atoms with E-state index in [0.717, 1.165) is 11.0 Å². The van der Waals surface area contributed by atoms with Gasteiger partial charge in [0.15, 0.2) is 0 Å². The van der Waals surface area contributed by atoms with Crippen LogP contribution in [0.3, 0.4) is 0 Å². The van der Waals surface area contributed by atoms with Gasteiger partial charge in [0.25, 0.3) is 0 Å². The molecular formula is C15H22N4O2. The van der Waals surface area contributed by atoms with Gasteiger partial charge in [-0.2, -0.15) is 0 Å². The fourth-order valence-corrected chi connectivity index (χ4v) is 2.46. The Morgan fingerprint density at radius 3 is 2.76 bits per heavy atom. The van der Waals surface area contributed by atoms with Crippen molar-refractivity contribution in [1.29, 1.82) is 0 Å². The Bertz CT molecular complexity index is 674. The van der Waals surface area contributed by atoms with Crippen molar-refractivity contribution in [2.45, 2.75) is 33.4 Å². The highest BCUT2D eigenvalue weighted by Gasteiger charge is 2.29. The van der Waals surface area contributed by atoms with Gasteiger partial charge in [-0.1, -0.05) is 0 Å². The zero-order valence-electron chi connectivity index (χ0n) is 12.8. The zero-order chi connectivity index (χ0) is 15.8. The second kappa shape index (κ2) is 5.37. The quantitative estimate of drug-likeness (QED) is 0.743. The Balaban J connectivity index is 2.56. The van der Waals surface area contributed by atoms with E-state index in [0.29, 0.717) is 18.1 Å². The number of amides is 1. The highest BCUT2D eigenvalue weighted by Crippen LogP contribution is 2.27. The summed E-state index contributed by atoms with van der Waals surface area (Å²) >= 11 is 0. The van der Waals surface area contributed by atoms with E-state index in [1.165, 1.54) is 0 Å². The summed E-state index contributed by atoms with van der Waals surface area (Å²) in [6.07, 6.45) is -0.723. The number of imidazole rings is 1. The van der Waals surface area contributed by atoms with Crippen LogP contribution in [0.2, 0.25) is 0 Å². The summed E-state index contributed by atoms with van der Waals surface area (Å²) in [5, 5.41) is 12.6. The van der Waals surface area contributed by atoms with Gasteiger partial charge in [0.2, 0.25) is 5.91 Å². The molecule has 0 aliphatic rings. The number of nitrogens with one attached hydrogen (secondary N) is 1. The molecule has 0 bridgehead atoms. The lowest BCUT2D eigenvalue weighted by Gasteiger charge is -2.25. The van der Waals surface area contributed by atoms with E-state index in [1.54, 1.807) is 26.1 Å². The number of anilines is 1. The van der Waals surface area contributed by atoms with Crippen LogP contribution >= 0.6 is 0 Å². The van der Waals surface area contributed by atoms with E-state index < -0.39 is 11.5 Å². The van der Waals surface area contributed by atoms with Crippen LogP contribution in [0.5, 0.6) is 0 Å². The molecule has 1 unspecified atom stereocenters. The van der Waals surface area contributed by atoms with Crippen molar-refractivity contribution in [3.8, 4) is 0 Å². The van der Waals surface area contributed by atoms with Crippen LogP contribution in [0.1, 0.15) is 32.7 Å². The molecule has 1 heterocycles. The van der Waals surface area contributed by atoms with Crippen LogP contribution < -0.4 is 11.1 Å². The summed E-state index contributed by atoms with van der Waals surface area (Å²) in [6.45, 7) is 5.81. The number of nitrogen functional groups attached to an aromatic ring is 1. The number of aliphatic hydroxyl groups is 1. The van der Waals surface area contributed by atoms with E-state index in [-0.39, 0.29) is 5.91 Å². The molecule has 1 aromatic heterocycles. The van der Waals surface area contributed by atoms with Gasteiger partial charge in [-0.05, 0) is 39.0 Å². The Morgan fingerprint density at radius 1 is 1.52 bits per heavy atom. The number of carbonyl (C=O) groups excluding carboxylic acids is 1. The van der Waals surface area contributed by atoms with E-state index in [9.17, 15) is 9.90 Å². The molecule has 6 heteroatoms. The summed E-state index contributed by atoms with van der Waals surface area (Å²) in [7, 11) is 1.62. The summed E-state index contributed by atoms with van der Waals surface area (Å²) in [6, 6.07) is 5.42. The second-order valence-corrected chi connectivity index (χ2v) is 5.94. The van der Waals surface area contributed by atoms with Crippen LogP contribution in [0.4, 0.5) is 5.69 Å². The van der Waals surface area contributed by atoms with Gasteiger partial charge < -0.3 is 20.7 Å². The van der Waals surface area contributed by atoms with Crippen LogP contribution in [-0.2, 0) is 11.3 Å². The lowest BCUT2D eigenvalue weighted by molar-refractivity contribution is -0.129. The molecule has 1 atom stereocenters. The average molecular weight is 290 g/mol. The normalized spacial score (nSPS) is 13.4. The molecule has 2 aromatic rings. The smallest absolute Gasteiger partial charge is 0.227 e. The molecule has 114 valence electrons. The highest BCUT2D eigenvalue weighted by molar-refractivity contribution is 5.83. The van der Waals surface area contributed by atoms with Gasteiger partial charge in [-0.25, -0.2) is 4.98 Å². The predicted octanol–water partition coefficient (Wildman–Crippen LogP) is 1.44. The summed E-state index contributed by atoms with van der Waals surface area (Å²) in [4.78, 5) is 16.4. The third-order valence-electron chi connectivity index (χ3n) is 3.57. The number of hydrogen-bond acceptors (Lipinski definition) is 4. The van der Waals surface area contributed by atoms with Gasteiger partial charge in [0, 0.05) is 19.3 Å². The number of aliphatic hydroxyl groups excluding tert-OH is 1. The van der Waals surface area contributed by atoms with Crippen molar-refractivity contribution in [2.24, 2.45) is 5.41 Å². The van der Waals surface area contributed by atoms with Gasteiger partial charge >= 0.3 is 0 Å². The highest BCUT2D eigenvalue weighted by atomic mass is 16.3. The number of rotatable bonds is 4. The lowest BCUT2D eigenvalue weighted by Crippen LogP contribution is -2.38. The fraction of sp³-hybridized carbons (Fsp3) is 0.467. The van der Waals surface area contributed by atoms with E-state index in [1.807, 2.05) is 24.5 Å². The van der Waals surface area contributed by atoms with Crippen molar-refractivity contribution in [3.63, 3.8) is 0 Å². The van der Waals surface area contributed by atoms with Crippen LogP contribution in [0.15, 0.2) is 18.2 Å². The standard InChI is InChI=1S/C15H22N4O2/c1-9(20)13-18-11-7-10(16)5-6-12(11)19(13)8-15(2,3)14(21)17-4/h5-7,9,20H,8,16H2,1-4H3,(H,17,21). The number of hydrogen-bond donors (Lipinski definition) is 3. The van der Waals surface area contributed by atoms with Gasteiger partial charge in [-0.3, -0.25) is 4.79 Å². The third-order valence-corrected chi connectivity index (χ3v) is 3.57. The molecule has 6 nitrogen and oxygen atoms in total. The molecule has 21 heavy (non-hydrogen) atoms. The van der Waals surface area contributed by atoms with Gasteiger partial charge in [0.05, 0.1) is 16.4 Å². The SMILES string of the molecule is CNC(=O)C(C)(C)Cn1c(C(C)O)nc2cc(N)ccc21. The van der Waals surface area contributed by atoms with Gasteiger partial charge in [0.1, 0.15) is 11.9 Å². The van der Waals surface area contributed by atoms with E-state index in [2.05, 4.69) is 10.3 Å². The molecule has 4 N–H and O–H groups in total. The fourth-order valence-electron chi connectivity index (χ4n) is 2.46. The second-order valence-electron chi connectivity index (χ2n) is 5.94. The minimum absolute atomic E-state index is 0.0589. The number of benzene rings is 1. The summed E-state index contributed by atoms with van der Waals surface area (Å²) in [5.74, 6) is 0.476. The lowest BCUT2D eigenvalue weighted by atomic mass is 9.92. The molecule has 1 aromatic carbocycles. The monoisotopic (exact) mass is 290 g/mol. The first-order valence-electron chi connectivity index (χ1n) is 6.92. The average Bonchev–Trinajstić information content (AvgIpc) is 2.75. The Labute approximate surface area is 124 Å². The largest absolute Gasteiger partial charge is 0.399 e. The van der Waals surface area contributed by atoms with E-state index >= 15 is 0 Å². The van der Waals surface area contributed by atoms with Crippen molar-refractivity contribution in [2.75, 3.05) is 12.8 Å². The van der Waals surface area contributed by atoms with Crippen molar-refractivity contribution in [1.82, 2.24) is 14.9 Å². The van der Waals surface area contributed by atoms with Crippen molar-refractivity contribution >= 4 is 22.6 Å². The third kappa shape index (κ3) is 2.85.